The summed E-state index contributed by atoms with van der Waals surface area (Å²) in [5, 5.41) is 2.99. The Labute approximate surface area is 167 Å². The maximum atomic E-state index is 12.6. The van der Waals surface area contributed by atoms with Gasteiger partial charge in [-0.05, 0) is 55.2 Å². The van der Waals surface area contributed by atoms with Crippen LogP contribution in [0.25, 0.3) is 11.0 Å². The molecule has 5 nitrogen and oxygen atoms in total. The van der Waals surface area contributed by atoms with Gasteiger partial charge in [-0.15, -0.1) is 0 Å². The van der Waals surface area contributed by atoms with Crippen LogP contribution in [0.4, 0.5) is 11.6 Å². The predicted octanol–water partition coefficient (Wildman–Crippen LogP) is 5.40. The number of unbranched alkanes of at least 4 members (excludes halogenated alkanes) is 3. The lowest BCUT2D eigenvalue weighted by Crippen LogP contribution is -2.12. The molecule has 0 unspecified atom stereocenters. The van der Waals surface area contributed by atoms with E-state index in [4.69, 9.17) is 5.73 Å². The van der Waals surface area contributed by atoms with Crippen molar-refractivity contribution < 1.29 is 4.79 Å². The molecule has 0 spiro atoms. The van der Waals surface area contributed by atoms with E-state index < -0.39 is 0 Å². The Hall–Kier alpha value is -2.82. The van der Waals surface area contributed by atoms with E-state index >= 15 is 0 Å². The van der Waals surface area contributed by atoms with Gasteiger partial charge in [-0.2, -0.15) is 0 Å². The van der Waals surface area contributed by atoms with Gasteiger partial charge in [0.15, 0.2) is 0 Å². The quantitative estimate of drug-likeness (QED) is 0.489. The molecule has 0 saturated heterocycles. The van der Waals surface area contributed by atoms with Crippen LogP contribution in [0.5, 0.6) is 0 Å². The molecule has 28 heavy (non-hydrogen) atoms. The van der Waals surface area contributed by atoms with Gasteiger partial charge >= 0.3 is 0 Å². The summed E-state index contributed by atoms with van der Waals surface area (Å²) in [5.74, 6) is 0.414. The number of nitrogens with two attached hydrogens (primary N) is 1. The summed E-state index contributed by atoms with van der Waals surface area (Å²) in [7, 11) is 0. The molecule has 0 aliphatic rings. The normalized spacial score (nSPS) is 11.1. The van der Waals surface area contributed by atoms with Gasteiger partial charge < -0.3 is 15.6 Å². The first-order valence-electron chi connectivity index (χ1n) is 10.3. The van der Waals surface area contributed by atoms with Crippen LogP contribution in [-0.4, -0.2) is 15.5 Å². The first-order chi connectivity index (χ1) is 13.6. The summed E-state index contributed by atoms with van der Waals surface area (Å²) < 4.78 is 2.01. The van der Waals surface area contributed by atoms with Crippen LogP contribution >= 0.6 is 0 Å². The fourth-order valence-electron chi connectivity index (χ4n) is 3.38. The molecule has 2 aromatic carbocycles. The number of aromatic nitrogens is 2. The third-order valence-corrected chi connectivity index (χ3v) is 5.06. The highest BCUT2D eigenvalue weighted by Gasteiger charge is 2.11. The zero-order chi connectivity index (χ0) is 19.9. The van der Waals surface area contributed by atoms with Crippen molar-refractivity contribution in [2.24, 2.45) is 0 Å². The molecular formula is C23H30N4O. The second-order valence-corrected chi connectivity index (χ2v) is 7.29. The van der Waals surface area contributed by atoms with E-state index in [-0.39, 0.29) is 5.91 Å². The van der Waals surface area contributed by atoms with Gasteiger partial charge in [-0.1, -0.05) is 45.2 Å². The van der Waals surface area contributed by atoms with Crippen molar-refractivity contribution in [1.29, 1.82) is 0 Å². The molecule has 0 radical (unpaired) electrons. The number of amides is 1. The highest BCUT2D eigenvalue weighted by Crippen LogP contribution is 2.23. The lowest BCUT2D eigenvalue weighted by molar-refractivity contribution is 0.102. The first kappa shape index (κ1) is 19.9. The van der Waals surface area contributed by atoms with Gasteiger partial charge in [0.05, 0.1) is 11.0 Å². The van der Waals surface area contributed by atoms with Gasteiger partial charge in [0.25, 0.3) is 5.91 Å². The van der Waals surface area contributed by atoms with Crippen molar-refractivity contribution in [2.45, 2.75) is 58.9 Å². The maximum Gasteiger partial charge on any atom is 0.255 e. The summed E-state index contributed by atoms with van der Waals surface area (Å²) >= 11 is 0. The van der Waals surface area contributed by atoms with Gasteiger partial charge in [-0.3, -0.25) is 4.79 Å². The Bertz CT molecular complexity index is 928. The molecule has 0 aliphatic heterocycles. The zero-order valence-electron chi connectivity index (χ0n) is 16.9. The molecule has 148 valence electrons. The monoisotopic (exact) mass is 378 g/mol. The molecule has 3 N–H and O–H groups in total. The molecule has 1 heterocycles. The Balaban J connectivity index is 1.72. The van der Waals surface area contributed by atoms with Gasteiger partial charge in [0.2, 0.25) is 5.95 Å². The van der Waals surface area contributed by atoms with E-state index in [2.05, 4.69) is 24.1 Å². The second-order valence-electron chi connectivity index (χ2n) is 7.29. The number of aryl methyl sites for hydroxylation is 2. The fourth-order valence-corrected chi connectivity index (χ4v) is 3.38. The maximum absolute atomic E-state index is 12.6. The molecule has 0 aliphatic carbocycles. The zero-order valence-corrected chi connectivity index (χ0v) is 16.9. The van der Waals surface area contributed by atoms with Crippen LogP contribution < -0.4 is 11.1 Å². The number of imidazole rings is 1. The van der Waals surface area contributed by atoms with Crippen molar-refractivity contribution >= 4 is 28.6 Å². The average molecular weight is 379 g/mol. The van der Waals surface area contributed by atoms with Crippen LogP contribution in [0.2, 0.25) is 0 Å². The van der Waals surface area contributed by atoms with Crippen molar-refractivity contribution in [3.05, 3.63) is 53.6 Å². The lowest BCUT2D eigenvalue weighted by Gasteiger charge is -2.09. The Morgan fingerprint density at radius 2 is 1.79 bits per heavy atom. The topological polar surface area (TPSA) is 72.9 Å². The molecule has 0 atom stereocenters. The third-order valence-electron chi connectivity index (χ3n) is 5.06. The predicted molar refractivity (Wildman–Crippen MR) is 117 cm³/mol. The Morgan fingerprint density at radius 1 is 1.04 bits per heavy atom. The van der Waals surface area contributed by atoms with E-state index in [1.54, 1.807) is 0 Å². The number of carbonyl (C=O) groups excluding carboxylic acids is 1. The average Bonchev–Trinajstić information content (AvgIpc) is 3.01. The van der Waals surface area contributed by atoms with E-state index in [0.717, 1.165) is 42.5 Å². The minimum absolute atomic E-state index is 0.105. The number of rotatable bonds is 9. The Kier molecular flexibility index (Phi) is 6.69. The number of carbonyl (C=O) groups is 1. The van der Waals surface area contributed by atoms with E-state index in [1.807, 2.05) is 47.0 Å². The largest absolute Gasteiger partial charge is 0.369 e. The van der Waals surface area contributed by atoms with Crippen molar-refractivity contribution in [1.82, 2.24) is 9.55 Å². The highest BCUT2D eigenvalue weighted by atomic mass is 16.1. The molecule has 5 heteroatoms. The number of nitrogen functional groups attached to an aromatic ring is 1. The molecule has 3 aromatic rings. The van der Waals surface area contributed by atoms with Crippen molar-refractivity contribution in [3.8, 4) is 0 Å². The molecular weight excluding hydrogens is 348 g/mol. The van der Waals surface area contributed by atoms with Gasteiger partial charge in [-0.25, -0.2) is 4.98 Å². The minimum Gasteiger partial charge on any atom is -0.369 e. The number of hydrogen-bond acceptors (Lipinski definition) is 3. The lowest BCUT2D eigenvalue weighted by atomic mass is 10.1. The molecule has 3 rings (SSSR count). The van der Waals surface area contributed by atoms with Gasteiger partial charge in [0, 0.05) is 17.8 Å². The number of hydrogen-bond donors (Lipinski definition) is 2. The number of fused-ring (bicyclic) bond motifs is 1. The van der Waals surface area contributed by atoms with Crippen LogP contribution in [0.3, 0.4) is 0 Å². The molecule has 0 fully saturated rings. The van der Waals surface area contributed by atoms with Gasteiger partial charge in [0.1, 0.15) is 0 Å². The smallest absolute Gasteiger partial charge is 0.255 e. The summed E-state index contributed by atoms with van der Waals surface area (Å²) in [6.07, 6.45) is 6.84. The number of anilines is 2. The second kappa shape index (κ2) is 9.40. The standard InChI is InChI=1S/C23H30N4O/c1-3-5-7-8-17-9-11-18(12-10-17)22(28)25-19-13-14-20-21(16-19)27(15-6-4-2)23(24)26-20/h9-14,16H,3-8,15H2,1-2H3,(H2,24,26)(H,25,28). The molecule has 1 amide bonds. The van der Waals surface area contributed by atoms with Crippen LogP contribution in [0.15, 0.2) is 42.5 Å². The number of nitrogens with zero attached hydrogens (tertiary/aromatic N) is 2. The summed E-state index contributed by atoms with van der Waals surface area (Å²) in [6, 6.07) is 13.6. The molecule has 1 aromatic heterocycles. The van der Waals surface area contributed by atoms with E-state index in [0.29, 0.717) is 11.5 Å². The SMILES string of the molecule is CCCCCc1ccc(C(=O)Nc2ccc3nc(N)n(CCCC)c3c2)cc1. The van der Waals surface area contributed by atoms with Crippen LogP contribution in [0, 0.1) is 0 Å². The summed E-state index contributed by atoms with van der Waals surface area (Å²) in [4.78, 5) is 17.0. The summed E-state index contributed by atoms with van der Waals surface area (Å²) in [6.45, 7) is 5.18. The van der Waals surface area contributed by atoms with Crippen LogP contribution in [-0.2, 0) is 13.0 Å². The number of benzene rings is 2. The Morgan fingerprint density at radius 3 is 2.50 bits per heavy atom. The number of nitrogens with one attached hydrogen (secondary N) is 1. The minimum atomic E-state index is -0.105. The summed E-state index contributed by atoms with van der Waals surface area (Å²) in [5.41, 5.74) is 10.6. The van der Waals surface area contributed by atoms with Crippen LogP contribution in [0.1, 0.15) is 61.9 Å². The first-order valence-corrected chi connectivity index (χ1v) is 10.3. The highest BCUT2D eigenvalue weighted by molar-refractivity contribution is 6.05. The molecule has 0 saturated carbocycles. The van der Waals surface area contributed by atoms with Crippen molar-refractivity contribution in [2.75, 3.05) is 11.1 Å². The van der Waals surface area contributed by atoms with E-state index in [1.165, 1.54) is 24.8 Å². The van der Waals surface area contributed by atoms with E-state index in [9.17, 15) is 4.79 Å². The molecule has 0 bridgehead atoms. The van der Waals surface area contributed by atoms with Crippen molar-refractivity contribution in [3.63, 3.8) is 0 Å². The fraction of sp³-hybridized carbons (Fsp3) is 0.391. The third kappa shape index (κ3) is 4.71.